The van der Waals surface area contributed by atoms with Crippen LogP contribution in [0.15, 0.2) is 17.0 Å². The summed E-state index contributed by atoms with van der Waals surface area (Å²) >= 11 is 0. The van der Waals surface area contributed by atoms with Gasteiger partial charge in [0, 0.05) is 6.26 Å². The van der Waals surface area contributed by atoms with E-state index in [9.17, 15) is 18.3 Å². The standard InChI is InChI=1S/C13H14O6S/c1-20(16,17)11-8(13(4-5-13)12(14)15)2-3-9-10(11)19-7-6-18-9/h2-3H,4-7H2,1H3,(H,14,15). The number of benzene rings is 1. The molecule has 2 aliphatic rings. The number of carboxylic acid groups (broad SMARTS) is 1. The van der Waals surface area contributed by atoms with Crippen molar-refractivity contribution in [2.75, 3.05) is 19.5 Å². The molecule has 108 valence electrons. The van der Waals surface area contributed by atoms with Crippen LogP contribution in [0, 0.1) is 0 Å². The molecule has 0 unspecified atom stereocenters. The Labute approximate surface area is 116 Å². The van der Waals surface area contributed by atoms with E-state index in [1.54, 1.807) is 6.07 Å². The number of hydrogen-bond acceptors (Lipinski definition) is 5. The highest BCUT2D eigenvalue weighted by molar-refractivity contribution is 7.90. The smallest absolute Gasteiger partial charge is 0.314 e. The first-order valence-electron chi connectivity index (χ1n) is 6.23. The average Bonchev–Trinajstić information content (AvgIpc) is 3.17. The van der Waals surface area contributed by atoms with Crippen molar-refractivity contribution in [2.45, 2.75) is 23.2 Å². The molecule has 3 rings (SSSR count). The minimum absolute atomic E-state index is 0.0467. The number of ether oxygens (including phenoxy) is 2. The molecule has 0 saturated heterocycles. The van der Waals surface area contributed by atoms with Crippen molar-refractivity contribution in [1.29, 1.82) is 0 Å². The summed E-state index contributed by atoms with van der Waals surface area (Å²) in [6.45, 7) is 0.596. The molecule has 0 atom stereocenters. The lowest BCUT2D eigenvalue weighted by Crippen LogP contribution is -2.25. The largest absolute Gasteiger partial charge is 0.486 e. The van der Waals surface area contributed by atoms with Crippen molar-refractivity contribution in [3.8, 4) is 11.5 Å². The Morgan fingerprint density at radius 2 is 1.90 bits per heavy atom. The fraction of sp³-hybridized carbons (Fsp3) is 0.462. The van der Waals surface area contributed by atoms with Gasteiger partial charge in [0.05, 0.1) is 5.41 Å². The van der Waals surface area contributed by atoms with Crippen molar-refractivity contribution >= 4 is 15.8 Å². The second-order valence-corrected chi connectivity index (χ2v) is 7.08. The maximum absolute atomic E-state index is 12.1. The van der Waals surface area contributed by atoms with Crippen LogP contribution in [0.5, 0.6) is 11.5 Å². The van der Waals surface area contributed by atoms with Crippen LogP contribution >= 0.6 is 0 Å². The van der Waals surface area contributed by atoms with Gasteiger partial charge in [0.2, 0.25) is 0 Å². The highest BCUT2D eigenvalue weighted by atomic mass is 32.2. The summed E-state index contributed by atoms with van der Waals surface area (Å²) in [6, 6.07) is 3.12. The molecule has 1 aliphatic carbocycles. The molecule has 1 aromatic carbocycles. The Bertz CT molecular complexity index is 687. The maximum Gasteiger partial charge on any atom is 0.314 e. The molecule has 0 spiro atoms. The fourth-order valence-corrected chi connectivity index (χ4v) is 3.72. The molecule has 1 fully saturated rings. The van der Waals surface area contributed by atoms with E-state index in [0.717, 1.165) is 6.26 Å². The highest BCUT2D eigenvalue weighted by Gasteiger charge is 2.54. The van der Waals surface area contributed by atoms with Crippen molar-refractivity contribution in [1.82, 2.24) is 0 Å². The first kappa shape index (κ1) is 13.2. The van der Waals surface area contributed by atoms with E-state index in [1.807, 2.05) is 0 Å². The molecule has 20 heavy (non-hydrogen) atoms. The molecule has 0 amide bonds. The van der Waals surface area contributed by atoms with Crippen molar-refractivity contribution in [2.24, 2.45) is 0 Å². The minimum Gasteiger partial charge on any atom is -0.486 e. The molecular formula is C13H14O6S. The van der Waals surface area contributed by atoms with Crippen molar-refractivity contribution in [3.05, 3.63) is 17.7 Å². The number of rotatable bonds is 3. The summed E-state index contributed by atoms with van der Waals surface area (Å²) in [7, 11) is -3.62. The maximum atomic E-state index is 12.1. The topological polar surface area (TPSA) is 89.9 Å². The van der Waals surface area contributed by atoms with Crippen LogP contribution in [0.4, 0.5) is 0 Å². The van der Waals surface area contributed by atoms with E-state index in [4.69, 9.17) is 9.47 Å². The second-order valence-electron chi connectivity index (χ2n) is 5.13. The van der Waals surface area contributed by atoms with Crippen LogP contribution in [0.3, 0.4) is 0 Å². The van der Waals surface area contributed by atoms with E-state index in [1.165, 1.54) is 6.07 Å². The van der Waals surface area contributed by atoms with Crippen LogP contribution in [-0.2, 0) is 20.0 Å². The lowest BCUT2D eigenvalue weighted by Gasteiger charge is -2.24. The minimum atomic E-state index is -3.62. The summed E-state index contributed by atoms with van der Waals surface area (Å²) in [4.78, 5) is 11.4. The summed E-state index contributed by atoms with van der Waals surface area (Å²) in [5, 5.41) is 9.38. The van der Waals surface area contributed by atoms with E-state index in [-0.39, 0.29) is 17.3 Å². The van der Waals surface area contributed by atoms with Crippen LogP contribution in [-0.4, -0.2) is 39.0 Å². The lowest BCUT2D eigenvalue weighted by molar-refractivity contribution is -0.140. The van der Waals surface area contributed by atoms with Crippen LogP contribution in [0.1, 0.15) is 18.4 Å². The quantitative estimate of drug-likeness (QED) is 0.894. The number of carboxylic acids is 1. The van der Waals surface area contributed by atoms with Gasteiger partial charge in [0.1, 0.15) is 18.1 Å². The molecule has 1 aliphatic heterocycles. The third-order valence-electron chi connectivity index (χ3n) is 3.71. The monoisotopic (exact) mass is 298 g/mol. The summed E-state index contributed by atoms with van der Waals surface area (Å²) in [5.41, 5.74) is -0.800. The predicted octanol–water partition coefficient (Wildman–Crippen LogP) is 0.977. The first-order valence-corrected chi connectivity index (χ1v) is 8.12. The Morgan fingerprint density at radius 3 is 2.45 bits per heavy atom. The van der Waals surface area contributed by atoms with Crippen LogP contribution < -0.4 is 9.47 Å². The Hall–Kier alpha value is -1.76. The molecule has 0 aromatic heterocycles. The summed E-state index contributed by atoms with van der Waals surface area (Å²) in [6.07, 6.45) is 1.93. The zero-order valence-corrected chi connectivity index (χ0v) is 11.7. The van der Waals surface area contributed by atoms with Gasteiger partial charge in [-0.25, -0.2) is 8.42 Å². The zero-order valence-electron chi connectivity index (χ0n) is 10.9. The Balaban J connectivity index is 2.29. The molecule has 0 bridgehead atoms. The predicted molar refractivity (Wildman–Crippen MR) is 69.1 cm³/mol. The van der Waals surface area contributed by atoms with E-state index in [2.05, 4.69) is 0 Å². The molecule has 1 aromatic rings. The fourth-order valence-electron chi connectivity index (χ4n) is 2.56. The van der Waals surface area contributed by atoms with Gasteiger partial charge in [0.15, 0.2) is 21.3 Å². The summed E-state index contributed by atoms with van der Waals surface area (Å²) < 4.78 is 35.0. The van der Waals surface area contributed by atoms with Gasteiger partial charge < -0.3 is 14.6 Å². The number of carbonyl (C=O) groups is 1. The molecule has 1 heterocycles. The molecule has 0 radical (unpaired) electrons. The molecule has 1 N–H and O–H groups in total. The van der Waals surface area contributed by atoms with Crippen LogP contribution in [0.25, 0.3) is 0 Å². The normalized spacial score (nSPS) is 19.4. The van der Waals surface area contributed by atoms with Gasteiger partial charge >= 0.3 is 5.97 Å². The molecule has 1 saturated carbocycles. The van der Waals surface area contributed by atoms with Crippen LogP contribution in [0.2, 0.25) is 0 Å². The molecule has 6 nitrogen and oxygen atoms in total. The van der Waals surface area contributed by atoms with E-state index in [0.29, 0.717) is 30.8 Å². The van der Waals surface area contributed by atoms with Crippen molar-refractivity contribution < 1.29 is 27.8 Å². The number of hydrogen-bond donors (Lipinski definition) is 1. The van der Waals surface area contributed by atoms with Gasteiger partial charge in [0.25, 0.3) is 0 Å². The Kier molecular flexibility index (Phi) is 2.72. The van der Waals surface area contributed by atoms with Gasteiger partial charge in [-0.1, -0.05) is 6.07 Å². The Morgan fingerprint density at radius 1 is 1.25 bits per heavy atom. The highest BCUT2D eigenvalue weighted by Crippen LogP contribution is 2.53. The van der Waals surface area contributed by atoms with Gasteiger partial charge in [-0.2, -0.15) is 0 Å². The number of sulfone groups is 1. The lowest BCUT2D eigenvalue weighted by atomic mass is 9.95. The van der Waals surface area contributed by atoms with E-state index >= 15 is 0 Å². The zero-order chi connectivity index (χ0) is 14.5. The summed E-state index contributed by atoms with van der Waals surface area (Å²) in [5.74, 6) is -0.510. The second kappa shape index (κ2) is 4.12. The van der Waals surface area contributed by atoms with Gasteiger partial charge in [-0.15, -0.1) is 0 Å². The van der Waals surface area contributed by atoms with Gasteiger partial charge in [-0.3, -0.25) is 4.79 Å². The SMILES string of the molecule is CS(=O)(=O)c1c(C2(C(=O)O)CC2)ccc2c1OCCO2. The average molecular weight is 298 g/mol. The number of aliphatic carboxylic acids is 1. The third-order valence-corrected chi connectivity index (χ3v) is 4.86. The van der Waals surface area contributed by atoms with E-state index < -0.39 is 21.2 Å². The third kappa shape index (κ3) is 1.84. The molecular weight excluding hydrogens is 284 g/mol. The van der Waals surface area contributed by atoms with Gasteiger partial charge in [-0.05, 0) is 24.5 Å². The number of fused-ring (bicyclic) bond motifs is 1. The molecule has 7 heteroatoms. The van der Waals surface area contributed by atoms with Crippen molar-refractivity contribution in [3.63, 3.8) is 0 Å². The first-order chi connectivity index (χ1) is 9.36.